The molecule has 1 aromatic carbocycles. The topological polar surface area (TPSA) is 86.9 Å². The number of carbonyl (C=O) groups excluding carboxylic acids is 1. The van der Waals surface area contributed by atoms with Crippen LogP contribution in [0, 0.1) is 0 Å². The lowest BCUT2D eigenvalue weighted by Gasteiger charge is -2.03. The largest absolute Gasteiger partial charge is 0.463 e. The Balaban J connectivity index is 2.01. The Morgan fingerprint density at radius 2 is 2.00 bits per heavy atom. The molecule has 0 aliphatic heterocycles. The molecule has 0 bridgehead atoms. The highest BCUT2D eigenvalue weighted by molar-refractivity contribution is 5.94. The van der Waals surface area contributed by atoms with E-state index in [4.69, 9.17) is 10.2 Å². The first kappa shape index (κ1) is 12.2. The zero-order chi connectivity index (χ0) is 14.1. The summed E-state index contributed by atoms with van der Waals surface area (Å²) in [5.74, 6) is 0.962. The van der Waals surface area contributed by atoms with Gasteiger partial charge in [-0.3, -0.25) is 4.79 Å². The highest BCUT2D eigenvalue weighted by Gasteiger charge is 2.15. The molecule has 3 rings (SSSR count). The fraction of sp³-hybridized carbons (Fsp3) is 0.0714. The van der Waals surface area contributed by atoms with Gasteiger partial charge < -0.3 is 10.2 Å². The number of carbonyl (C=O) groups is 1. The standard InChI is InChI=1S/C14H12N4O2/c1-9(19)10-4-6-11(7-5-10)18-14(15)13(16-17-18)12-3-2-8-20-12/h2-8H,15H2,1H3. The van der Waals surface area contributed by atoms with E-state index in [1.54, 1.807) is 42.7 Å². The Kier molecular flexibility index (Phi) is 2.83. The van der Waals surface area contributed by atoms with E-state index in [0.717, 1.165) is 5.69 Å². The summed E-state index contributed by atoms with van der Waals surface area (Å²) in [6, 6.07) is 10.5. The van der Waals surface area contributed by atoms with Crippen molar-refractivity contribution in [1.82, 2.24) is 15.0 Å². The molecule has 6 heteroatoms. The van der Waals surface area contributed by atoms with Gasteiger partial charge in [0.25, 0.3) is 0 Å². The molecular formula is C14H12N4O2. The van der Waals surface area contributed by atoms with Gasteiger partial charge in [0.1, 0.15) is 0 Å². The van der Waals surface area contributed by atoms with Crippen molar-refractivity contribution in [1.29, 1.82) is 0 Å². The second-order valence-corrected chi connectivity index (χ2v) is 4.32. The predicted octanol–water partition coefficient (Wildman–Crippen LogP) is 2.31. The lowest BCUT2D eigenvalue weighted by molar-refractivity contribution is 0.101. The molecule has 0 atom stereocenters. The Morgan fingerprint density at radius 3 is 2.60 bits per heavy atom. The van der Waals surface area contributed by atoms with Gasteiger partial charge in [0.15, 0.2) is 23.1 Å². The van der Waals surface area contributed by atoms with E-state index in [-0.39, 0.29) is 5.78 Å². The molecule has 0 fully saturated rings. The molecule has 0 aliphatic carbocycles. The third-order valence-electron chi connectivity index (χ3n) is 2.98. The Hall–Kier alpha value is -2.89. The summed E-state index contributed by atoms with van der Waals surface area (Å²) in [6.07, 6.45) is 1.55. The van der Waals surface area contributed by atoms with Crippen molar-refractivity contribution >= 4 is 11.6 Å². The van der Waals surface area contributed by atoms with Gasteiger partial charge in [-0.25, -0.2) is 0 Å². The molecule has 0 radical (unpaired) electrons. The molecule has 0 amide bonds. The zero-order valence-corrected chi connectivity index (χ0v) is 10.8. The van der Waals surface area contributed by atoms with Crippen LogP contribution in [0.3, 0.4) is 0 Å². The third-order valence-corrected chi connectivity index (χ3v) is 2.98. The number of rotatable bonds is 3. The molecular weight excluding hydrogens is 256 g/mol. The zero-order valence-electron chi connectivity index (χ0n) is 10.8. The van der Waals surface area contributed by atoms with E-state index in [1.165, 1.54) is 11.6 Å². The van der Waals surface area contributed by atoms with Crippen molar-refractivity contribution in [3.8, 4) is 17.1 Å². The third kappa shape index (κ3) is 1.97. The number of nitrogen functional groups attached to an aromatic ring is 1. The summed E-state index contributed by atoms with van der Waals surface area (Å²) >= 11 is 0. The van der Waals surface area contributed by atoms with Crippen molar-refractivity contribution in [2.24, 2.45) is 0 Å². The smallest absolute Gasteiger partial charge is 0.172 e. The van der Waals surface area contributed by atoms with Crippen LogP contribution in [0.15, 0.2) is 47.1 Å². The van der Waals surface area contributed by atoms with Crippen LogP contribution in [-0.4, -0.2) is 20.8 Å². The van der Waals surface area contributed by atoms with Crippen molar-refractivity contribution in [2.45, 2.75) is 6.92 Å². The van der Waals surface area contributed by atoms with E-state index >= 15 is 0 Å². The molecule has 2 N–H and O–H groups in total. The first-order chi connectivity index (χ1) is 9.66. The van der Waals surface area contributed by atoms with Crippen LogP contribution in [0.4, 0.5) is 5.82 Å². The van der Waals surface area contributed by atoms with Gasteiger partial charge in [-0.2, -0.15) is 4.68 Å². The summed E-state index contributed by atoms with van der Waals surface area (Å²) in [7, 11) is 0. The quantitative estimate of drug-likeness (QED) is 0.736. The minimum Gasteiger partial charge on any atom is -0.463 e. The maximum absolute atomic E-state index is 11.2. The SMILES string of the molecule is CC(=O)c1ccc(-n2nnc(-c3ccco3)c2N)cc1. The van der Waals surface area contributed by atoms with E-state index in [2.05, 4.69) is 10.3 Å². The van der Waals surface area contributed by atoms with Crippen molar-refractivity contribution in [3.05, 3.63) is 48.2 Å². The lowest BCUT2D eigenvalue weighted by atomic mass is 10.1. The Bertz CT molecular complexity index is 742. The number of ketones is 1. The number of nitrogens with two attached hydrogens (primary N) is 1. The van der Waals surface area contributed by atoms with Crippen LogP contribution in [0.25, 0.3) is 17.1 Å². The summed E-state index contributed by atoms with van der Waals surface area (Å²) in [5, 5.41) is 8.03. The molecule has 3 aromatic rings. The van der Waals surface area contributed by atoms with Gasteiger partial charge in [0.2, 0.25) is 0 Å². The molecule has 2 aromatic heterocycles. The summed E-state index contributed by atoms with van der Waals surface area (Å²) in [4.78, 5) is 11.2. The van der Waals surface area contributed by atoms with E-state index in [9.17, 15) is 4.79 Å². The minimum atomic E-state index is 0.0133. The van der Waals surface area contributed by atoms with E-state index in [0.29, 0.717) is 22.8 Å². The highest BCUT2D eigenvalue weighted by atomic mass is 16.3. The fourth-order valence-corrected chi connectivity index (χ4v) is 1.91. The van der Waals surface area contributed by atoms with E-state index < -0.39 is 0 Å². The monoisotopic (exact) mass is 268 g/mol. The second kappa shape index (κ2) is 4.65. The maximum Gasteiger partial charge on any atom is 0.172 e. The number of hydrogen-bond donors (Lipinski definition) is 1. The average molecular weight is 268 g/mol. The molecule has 0 saturated heterocycles. The molecule has 0 spiro atoms. The number of Topliss-reactive ketones (excluding diaryl/α,β-unsaturated/α-hetero) is 1. The number of furan rings is 1. The summed E-state index contributed by atoms with van der Waals surface area (Å²) in [6.45, 7) is 1.52. The number of benzene rings is 1. The van der Waals surface area contributed by atoms with Gasteiger partial charge in [-0.15, -0.1) is 5.10 Å². The lowest BCUT2D eigenvalue weighted by Crippen LogP contribution is -2.03. The fourth-order valence-electron chi connectivity index (χ4n) is 1.91. The number of anilines is 1. The Morgan fingerprint density at radius 1 is 1.25 bits per heavy atom. The van der Waals surface area contributed by atoms with Gasteiger partial charge >= 0.3 is 0 Å². The van der Waals surface area contributed by atoms with Crippen molar-refractivity contribution in [2.75, 3.05) is 5.73 Å². The van der Waals surface area contributed by atoms with Crippen LogP contribution in [-0.2, 0) is 0 Å². The highest BCUT2D eigenvalue weighted by Crippen LogP contribution is 2.25. The first-order valence-electron chi connectivity index (χ1n) is 6.03. The summed E-state index contributed by atoms with van der Waals surface area (Å²) < 4.78 is 6.76. The summed E-state index contributed by atoms with van der Waals surface area (Å²) in [5.41, 5.74) is 7.90. The molecule has 0 aliphatic rings. The van der Waals surface area contributed by atoms with Gasteiger partial charge in [0.05, 0.1) is 12.0 Å². The van der Waals surface area contributed by atoms with Crippen molar-refractivity contribution in [3.63, 3.8) is 0 Å². The van der Waals surface area contributed by atoms with Crippen LogP contribution < -0.4 is 5.73 Å². The minimum absolute atomic E-state index is 0.0133. The van der Waals surface area contributed by atoms with Crippen LogP contribution >= 0.6 is 0 Å². The molecule has 0 saturated carbocycles. The van der Waals surface area contributed by atoms with Gasteiger partial charge in [-0.1, -0.05) is 5.21 Å². The predicted molar refractivity (Wildman–Crippen MR) is 73.5 cm³/mol. The Labute approximate surface area is 114 Å². The molecule has 6 nitrogen and oxygen atoms in total. The normalized spacial score (nSPS) is 10.7. The number of aromatic nitrogens is 3. The first-order valence-corrected chi connectivity index (χ1v) is 6.03. The maximum atomic E-state index is 11.2. The number of hydrogen-bond acceptors (Lipinski definition) is 5. The second-order valence-electron chi connectivity index (χ2n) is 4.32. The molecule has 0 unspecified atom stereocenters. The van der Waals surface area contributed by atoms with E-state index in [1.807, 2.05) is 0 Å². The van der Waals surface area contributed by atoms with Crippen LogP contribution in [0.1, 0.15) is 17.3 Å². The molecule has 20 heavy (non-hydrogen) atoms. The van der Waals surface area contributed by atoms with Gasteiger partial charge in [0, 0.05) is 5.56 Å². The van der Waals surface area contributed by atoms with Crippen LogP contribution in [0.2, 0.25) is 0 Å². The molecule has 100 valence electrons. The van der Waals surface area contributed by atoms with Crippen LogP contribution in [0.5, 0.6) is 0 Å². The van der Waals surface area contributed by atoms with Crippen molar-refractivity contribution < 1.29 is 9.21 Å². The average Bonchev–Trinajstić information content (AvgIpc) is 3.08. The van der Waals surface area contributed by atoms with Gasteiger partial charge in [-0.05, 0) is 43.3 Å². The number of nitrogens with zero attached hydrogens (tertiary/aromatic N) is 3. The molecule has 2 heterocycles.